The number of H-pyrrole nitrogens is 1. The minimum Gasteiger partial charge on any atom is -0.322 e. The molecule has 30 heavy (non-hydrogen) atoms. The molecule has 2 heterocycles. The van der Waals surface area contributed by atoms with Crippen LogP contribution in [0.4, 0.5) is 5.69 Å². The van der Waals surface area contributed by atoms with Gasteiger partial charge in [-0.25, -0.2) is 0 Å². The van der Waals surface area contributed by atoms with Crippen molar-refractivity contribution in [3.63, 3.8) is 0 Å². The molecule has 4 rings (SSSR count). The van der Waals surface area contributed by atoms with Gasteiger partial charge in [-0.1, -0.05) is 23.8 Å². The largest absolute Gasteiger partial charge is 0.322 e. The lowest BCUT2D eigenvalue weighted by atomic mass is 10.1. The van der Waals surface area contributed by atoms with Crippen LogP contribution in [0, 0.1) is 20.8 Å². The topological polar surface area (TPSA) is 66.1 Å². The molecule has 4 aromatic rings. The Labute approximate surface area is 175 Å². The number of aromatic amines is 1. The highest BCUT2D eigenvalue weighted by molar-refractivity contribution is 6.06. The fraction of sp³-hybridized carbons (Fsp3) is 0.160. The third-order valence-corrected chi connectivity index (χ3v) is 5.21. The first-order chi connectivity index (χ1) is 14.4. The molecule has 5 heteroatoms. The maximum absolute atomic E-state index is 13.4. The number of aromatic nitrogens is 2. The van der Waals surface area contributed by atoms with Crippen LogP contribution in [0.25, 0.3) is 10.9 Å². The van der Waals surface area contributed by atoms with E-state index in [-0.39, 0.29) is 18.0 Å². The molecule has 0 spiro atoms. The summed E-state index contributed by atoms with van der Waals surface area (Å²) in [5, 5.41) is 0.944. The summed E-state index contributed by atoms with van der Waals surface area (Å²) < 4.78 is 0. The number of fused-ring (bicyclic) bond motifs is 1. The molecule has 0 radical (unpaired) electrons. The smallest absolute Gasteiger partial charge is 0.260 e. The number of pyridine rings is 2. The summed E-state index contributed by atoms with van der Waals surface area (Å²) >= 11 is 0. The van der Waals surface area contributed by atoms with Crippen LogP contribution in [-0.2, 0) is 6.54 Å². The van der Waals surface area contributed by atoms with Crippen LogP contribution in [0.2, 0.25) is 0 Å². The Morgan fingerprint density at radius 1 is 1.00 bits per heavy atom. The van der Waals surface area contributed by atoms with E-state index in [1.54, 1.807) is 29.4 Å². The highest BCUT2D eigenvalue weighted by Crippen LogP contribution is 2.25. The summed E-state index contributed by atoms with van der Waals surface area (Å²) in [4.78, 5) is 34.9. The molecule has 2 aromatic heterocycles. The van der Waals surface area contributed by atoms with E-state index in [4.69, 9.17) is 0 Å². The minimum atomic E-state index is -0.194. The predicted molar refractivity (Wildman–Crippen MR) is 120 cm³/mol. The average Bonchev–Trinajstić information content (AvgIpc) is 2.74. The van der Waals surface area contributed by atoms with Gasteiger partial charge in [-0.3, -0.25) is 14.6 Å². The van der Waals surface area contributed by atoms with E-state index in [1.807, 2.05) is 63.2 Å². The van der Waals surface area contributed by atoms with Gasteiger partial charge in [0.1, 0.15) is 0 Å². The normalized spacial score (nSPS) is 10.9. The molecule has 0 aliphatic heterocycles. The monoisotopic (exact) mass is 397 g/mol. The molecule has 2 aromatic carbocycles. The zero-order chi connectivity index (χ0) is 21.3. The molecule has 0 fully saturated rings. The van der Waals surface area contributed by atoms with Crippen LogP contribution in [-0.4, -0.2) is 15.9 Å². The van der Waals surface area contributed by atoms with E-state index < -0.39 is 0 Å². The molecular formula is C25H23N3O2. The van der Waals surface area contributed by atoms with Crippen molar-refractivity contribution in [1.82, 2.24) is 9.97 Å². The van der Waals surface area contributed by atoms with Gasteiger partial charge in [0, 0.05) is 29.2 Å². The first kappa shape index (κ1) is 19.6. The maximum Gasteiger partial charge on any atom is 0.260 e. The maximum atomic E-state index is 13.4. The van der Waals surface area contributed by atoms with Gasteiger partial charge in [0.05, 0.1) is 12.1 Å². The molecule has 0 bridgehead atoms. The summed E-state index contributed by atoms with van der Waals surface area (Å²) in [5.41, 5.74) is 5.50. The summed E-state index contributed by atoms with van der Waals surface area (Å²) in [6, 6.07) is 17.2. The van der Waals surface area contributed by atoms with Gasteiger partial charge < -0.3 is 9.88 Å². The third kappa shape index (κ3) is 3.87. The Balaban J connectivity index is 1.83. The number of amides is 1. The number of hydrogen-bond acceptors (Lipinski definition) is 3. The SMILES string of the molecule is Cc1ccc(C)c(N(Cc2cc3cc(C)ccc3[nH]c2=O)C(=O)c2cccnc2)c1. The van der Waals surface area contributed by atoms with Gasteiger partial charge in [-0.15, -0.1) is 0 Å². The summed E-state index contributed by atoms with van der Waals surface area (Å²) in [6.45, 7) is 6.13. The molecule has 1 N–H and O–H groups in total. The summed E-state index contributed by atoms with van der Waals surface area (Å²) in [6.07, 6.45) is 3.18. The van der Waals surface area contributed by atoms with Gasteiger partial charge in [0.15, 0.2) is 0 Å². The standard InChI is InChI=1S/C25H23N3O2/c1-16-7-9-22-20(11-16)13-21(24(29)27-22)15-28(23-12-17(2)6-8-18(23)3)25(30)19-5-4-10-26-14-19/h4-14H,15H2,1-3H3,(H,27,29). The van der Waals surface area contributed by atoms with E-state index in [0.717, 1.165) is 33.3 Å². The number of rotatable bonds is 4. The fourth-order valence-corrected chi connectivity index (χ4v) is 3.58. The quantitative estimate of drug-likeness (QED) is 0.543. The molecule has 150 valence electrons. The van der Waals surface area contributed by atoms with Crippen molar-refractivity contribution < 1.29 is 4.79 Å². The Bertz CT molecular complexity index is 1290. The average molecular weight is 397 g/mol. The van der Waals surface area contributed by atoms with E-state index >= 15 is 0 Å². The minimum absolute atomic E-state index is 0.164. The first-order valence-electron chi connectivity index (χ1n) is 9.84. The van der Waals surface area contributed by atoms with Gasteiger partial charge in [0.2, 0.25) is 0 Å². The van der Waals surface area contributed by atoms with E-state index in [1.165, 1.54) is 0 Å². The first-order valence-corrected chi connectivity index (χ1v) is 9.84. The van der Waals surface area contributed by atoms with E-state index in [2.05, 4.69) is 9.97 Å². The highest BCUT2D eigenvalue weighted by atomic mass is 16.2. The highest BCUT2D eigenvalue weighted by Gasteiger charge is 2.21. The summed E-state index contributed by atoms with van der Waals surface area (Å²) in [5.74, 6) is -0.194. The van der Waals surface area contributed by atoms with Gasteiger partial charge in [-0.05, 0) is 73.7 Å². The zero-order valence-electron chi connectivity index (χ0n) is 17.3. The fourth-order valence-electron chi connectivity index (χ4n) is 3.58. The Kier molecular flexibility index (Phi) is 5.19. The van der Waals surface area contributed by atoms with Crippen LogP contribution >= 0.6 is 0 Å². The van der Waals surface area contributed by atoms with Crippen molar-refractivity contribution >= 4 is 22.5 Å². The number of nitrogens with zero attached hydrogens (tertiary/aromatic N) is 2. The zero-order valence-corrected chi connectivity index (χ0v) is 17.3. The number of nitrogens with one attached hydrogen (secondary N) is 1. The lowest BCUT2D eigenvalue weighted by molar-refractivity contribution is 0.0984. The second kappa shape index (κ2) is 7.95. The molecular weight excluding hydrogens is 374 g/mol. The Morgan fingerprint density at radius 2 is 1.77 bits per heavy atom. The number of benzene rings is 2. The van der Waals surface area contributed by atoms with Crippen molar-refractivity contribution in [3.8, 4) is 0 Å². The molecule has 0 aliphatic rings. The molecule has 5 nitrogen and oxygen atoms in total. The molecule has 1 amide bonds. The van der Waals surface area contributed by atoms with Gasteiger partial charge in [0.25, 0.3) is 11.5 Å². The second-order valence-corrected chi connectivity index (χ2v) is 7.64. The second-order valence-electron chi connectivity index (χ2n) is 7.64. The molecule has 0 saturated heterocycles. The number of hydrogen-bond donors (Lipinski definition) is 1. The van der Waals surface area contributed by atoms with E-state index in [9.17, 15) is 9.59 Å². The van der Waals surface area contributed by atoms with Crippen LogP contribution in [0.3, 0.4) is 0 Å². The number of anilines is 1. The molecule has 0 aliphatic carbocycles. The van der Waals surface area contributed by atoms with Crippen LogP contribution in [0.1, 0.15) is 32.6 Å². The third-order valence-electron chi connectivity index (χ3n) is 5.21. The van der Waals surface area contributed by atoms with Crippen LogP contribution in [0.15, 0.2) is 71.8 Å². The van der Waals surface area contributed by atoms with Crippen molar-refractivity contribution in [2.45, 2.75) is 27.3 Å². The number of carbonyl (C=O) groups is 1. The predicted octanol–water partition coefficient (Wildman–Crippen LogP) is 4.70. The van der Waals surface area contributed by atoms with Crippen molar-refractivity contribution in [2.24, 2.45) is 0 Å². The number of carbonyl (C=O) groups excluding carboxylic acids is 1. The number of aryl methyl sites for hydroxylation is 3. The van der Waals surface area contributed by atoms with Crippen molar-refractivity contribution in [2.75, 3.05) is 4.90 Å². The molecule has 0 saturated carbocycles. The van der Waals surface area contributed by atoms with Crippen molar-refractivity contribution in [1.29, 1.82) is 0 Å². The Morgan fingerprint density at radius 3 is 2.53 bits per heavy atom. The summed E-state index contributed by atoms with van der Waals surface area (Å²) in [7, 11) is 0. The van der Waals surface area contributed by atoms with Crippen molar-refractivity contribution in [3.05, 3.63) is 105 Å². The molecule has 0 unspecified atom stereocenters. The Hall–Kier alpha value is -3.73. The van der Waals surface area contributed by atoms with Crippen LogP contribution < -0.4 is 10.5 Å². The van der Waals surface area contributed by atoms with Gasteiger partial charge >= 0.3 is 0 Å². The molecule has 0 atom stereocenters. The lowest BCUT2D eigenvalue weighted by Gasteiger charge is -2.25. The van der Waals surface area contributed by atoms with Crippen LogP contribution in [0.5, 0.6) is 0 Å². The van der Waals surface area contributed by atoms with Gasteiger partial charge in [-0.2, -0.15) is 0 Å². The lowest BCUT2D eigenvalue weighted by Crippen LogP contribution is -2.33. The van der Waals surface area contributed by atoms with E-state index in [0.29, 0.717) is 11.1 Å².